The molecule has 7 rings (SSSR count). The number of anilines is 2. The van der Waals surface area contributed by atoms with E-state index in [9.17, 15) is 8.42 Å². The van der Waals surface area contributed by atoms with Crippen LogP contribution in [0.5, 0.6) is 0 Å². The van der Waals surface area contributed by atoms with Crippen LogP contribution in [-0.4, -0.2) is 86.5 Å². The lowest BCUT2D eigenvalue weighted by atomic mass is 9.86. The van der Waals surface area contributed by atoms with Gasteiger partial charge in [0.2, 0.25) is 0 Å². The number of benzene rings is 1. The Balaban J connectivity index is 0.000000192. The highest BCUT2D eigenvalue weighted by Crippen LogP contribution is 2.35. The van der Waals surface area contributed by atoms with Crippen LogP contribution >= 0.6 is 23.5 Å². The molecule has 4 aromatic heterocycles. The standard InChI is InChI=1S/C23H30N4O2S2.C16H24N4S/c1-4-30-15-18-7-9-19(10-8-18)26(3)22-21-13-14-27(23(21)25-16-24-22)31(28,29)20-11-5-17(2)6-12-20;1-3-21-10-12-4-6-13(7-5-12)20(2)16-14-8-9-17-15(14)18-11-19-16/h5-6,11-14,16,18-19H,4,7-10,15H2,1-3H3;8-9,11-13H,3-7,10H2,1-2H3,(H,17,18,19). The van der Waals surface area contributed by atoms with Crippen LogP contribution in [-0.2, 0) is 10.0 Å². The molecule has 2 aliphatic rings. The second-order valence-corrected chi connectivity index (χ2v) is 18.6. The predicted molar refractivity (Wildman–Crippen MR) is 219 cm³/mol. The second kappa shape index (κ2) is 17.7. The first kappa shape index (κ1) is 38.4. The minimum Gasteiger partial charge on any atom is -0.356 e. The van der Waals surface area contributed by atoms with Gasteiger partial charge in [-0.2, -0.15) is 23.5 Å². The summed E-state index contributed by atoms with van der Waals surface area (Å²) in [5, 5.41) is 1.90. The Morgan fingerprint density at radius 2 is 1.27 bits per heavy atom. The van der Waals surface area contributed by atoms with Crippen LogP contribution in [0.1, 0.15) is 70.8 Å². The van der Waals surface area contributed by atoms with Crippen molar-refractivity contribution in [2.45, 2.75) is 89.1 Å². The molecule has 4 heterocycles. The van der Waals surface area contributed by atoms with Crippen LogP contribution < -0.4 is 9.80 Å². The Bertz CT molecular complexity index is 1980. The van der Waals surface area contributed by atoms with E-state index >= 15 is 0 Å². The van der Waals surface area contributed by atoms with E-state index in [1.165, 1.54) is 71.8 Å². The van der Waals surface area contributed by atoms with Crippen LogP contribution in [0.25, 0.3) is 22.1 Å². The van der Waals surface area contributed by atoms with E-state index in [0.717, 1.165) is 58.3 Å². The molecule has 10 nitrogen and oxygen atoms in total. The third-order valence-electron chi connectivity index (χ3n) is 10.8. The molecule has 13 heteroatoms. The Hall–Kier alpha value is -3.29. The SMILES string of the molecule is CCSCC1CCC(N(C)c2ncnc3[nH]ccc23)CC1.CCSCC1CCC(N(C)c2ncnc3c2ccn3S(=O)(=O)c2ccc(C)cc2)CC1. The number of thioether (sulfide) groups is 2. The zero-order chi connectivity index (χ0) is 36.7. The van der Waals surface area contributed by atoms with E-state index in [-0.39, 0.29) is 4.90 Å². The van der Waals surface area contributed by atoms with E-state index < -0.39 is 10.0 Å². The Morgan fingerprint density at radius 3 is 1.83 bits per heavy atom. The number of fused-ring (bicyclic) bond motifs is 2. The van der Waals surface area contributed by atoms with Crippen molar-refractivity contribution in [2.75, 3.05) is 46.9 Å². The largest absolute Gasteiger partial charge is 0.356 e. The molecule has 52 heavy (non-hydrogen) atoms. The van der Waals surface area contributed by atoms with Crippen LogP contribution in [0.2, 0.25) is 0 Å². The molecule has 0 atom stereocenters. The van der Waals surface area contributed by atoms with Crippen molar-refractivity contribution in [1.82, 2.24) is 28.9 Å². The van der Waals surface area contributed by atoms with Crippen molar-refractivity contribution in [3.63, 3.8) is 0 Å². The van der Waals surface area contributed by atoms with Gasteiger partial charge in [-0.25, -0.2) is 32.3 Å². The van der Waals surface area contributed by atoms with Crippen LogP contribution in [0.15, 0.2) is 66.3 Å². The van der Waals surface area contributed by atoms with E-state index in [4.69, 9.17) is 0 Å². The van der Waals surface area contributed by atoms with Gasteiger partial charge >= 0.3 is 0 Å². The maximum Gasteiger partial charge on any atom is 0.269 e. The minimum absolute atomic E-state index is 0.257. The summed E-state index contributed by atoms with van der Waals surface area (Å²) < 4.78 is 27.7. The van der Waals surface area contributed by atoms with E-state index in [1.54, 1.807) is 24.7 Å². The molecule has 1 N–H and O–H groups in total. The summed E-state index contributed by atoms with van der Waals surface area (Å²) in [6, 6.07) is 11.8. The smallest absolute Gasteiger partial charge is 0.269 e. The third kappa shape index (κ3) is 8.73. The number of nitrogens with one attached hydrogen (secondary N) is 1. The van der Waals surface area contributed by atoms with Crippen molar-refractivity contribution < 1.29 is 8.42 Å². The molecule has 2 saturated carbocycles. The number of aryl methyl sites for hydroxylation is 1. The first-order chi connectivity index (χ1) is 25.2. The van der Waals surface area contributed by atoms with Gasteiger partial charge in [0.15, 0.2) is 5.65 Å². The number of hydrogen-bond acceptors (Lipinski definition) is 10. The Kier molecular flexibility index (Phi) is 13.1. The molecular formula is C39H54N8O2S3. The monoisotopic (exact) mass is 762 g/mol. The fraction of sp³-hybridized carbons (Fsp3) is 0.538. The molecule has 280 valence electrons. The number of H-pyrrole nitrogens is 1. The number of hydrogen-bond donors (Lipinski definition) is 1. The number of rotatable bonds is 12. The van der Waals surface area contributed by atoms with Crippen molar-refractivity contribution >= 4 is 67.2 Å². The second-order valence-electron chi connectivity index (χ2n) is 14.2. The maximum atomic E-state index is 13.2. The summed E-state index contributed by atoms with van der Waals surface area (Å²) in [5.74, 6) is 8.60. The van der Waals surface area contributed by atoms with Crippen molar-refractivity contribution in [3.8, 4) is 0 Å². The summed E-state index contributed by atoms with van der Waals surface area (Å²) in [4.78, 5) is 25.7. The first-order valence-electron chi connectivity index (χ1n) is 18.7. The van der Waals surface area contributed by atoms with Gasteiger partial charge in [0.1, 0.15) is 29.9 Å². The topological polar surface area (TPSA) is 113 Å². The molecule has 2 fully saturated rings. The summed E-state index contributed by atoms with van der Waals surface area (Å²) in [6.45, 7) is 6.41. The Morgan fingerprint density at radius 1 is 0.731 bits per heavy atom. The van der Waals surface area contributed by atoms with Gasteiger partial charge in [-0.1, -0.05) is 31.5 Å². The molecule has 0 aliphatic heterocycles. The highest BCUT2D eigenvalue weighted by atomic mass is 32.2. The zero-order valence-electron chi connectivity index (χ0n) is 31.2. The average molecular weight is 763 g/mol. The van der Waals surface area contributed by atoms with Gasteiger partial charge in [0.05, 0.1) is 15.7 Å². The number of nitrogens with zero attached hydrogens (tertiary/aromatic N) is 7. The third-order valence-corrected chi connectivity index (χ3v) is 14.8. The molecular weight excluding hydrogens is 709 g/mol. The highest BCUT2D eigenvalue weighted by Gasteiger charge is 2.28. The van der Waals surface area contributed by atoms with E-state index in [0.29, 0.717) is 17.7 Å². The lowest BCUT2D eigenvalue weighted by molar-refractivity contribution is 0.344. The normalized spacial score (nSPS) is 20.8. The predicted octanol–water partition coefficient (Wildman–Crippen LogP) is 8.43. The molecule has 0 amide bonds. The van der Waals surface area contributed by atoms with Gasteiger partial charge in [-0.3, -0.25) is 0 Å². The first-order valence-corrected chi connectivity index (χ1v) is 22.5. The molecule has 0 radical (unpaired) electrons. The minimum atomic E-state index is -3.72. The van der Waals surface area contributed by atoms with E-state index in [1.807, 2.05) is 43.1 Å². The maximum absolute atomic E-state index is 13.2. The van der Waals surface area contributed by atoms with Gasteiger partial charge in [0.25, 0.3) is 10.0 Å². The molecule has 0 bridgehead atoms. The molecule has 1 aromatic carbocycles. The molecule has 0 unspecified atom stereocenters. The molecule has 0 saturated heterocycles. The quantitative estimate of drug-likeness (QED) is 0.133. The fourth-order valence-electron chi connectivity index (χ4n) is 7.67. The van der Waals surface area contributed by atoms with Gasteiger partial charge in [0, 0.05) is 38.6 Å². The van der Waals surface area contributed by atoms with Crippen molar-refractivity contribution in [2.24, 2.45) is 11.8 Å². The Labute approximate surface area is 318 Å². The summed E-state index contributed by atoms with van der Waals surface area (Å²) in [5.41, 5.74) is 2.37. The van der Waals surface area contributed by atoms with Crippen molar-refractivity contribution in [1.29, 1.82) is 0 Å². The summed E-state index contributed by atoms with van der Waals surface area (Å²) >= 11 is 4.12. The summed E-state index contributed by atoms with van der Waals surface area (Å²) in [7, 11) is 0.533. The van der Waals surface area contributed by atoms with Crippen LogP contribution in [0.4, 0.5) is 11.6 Å². The average Bonchev–Trinajstić information content (AvgIpc) is 3.85. The lowest BCUT2D eigenvalue weighted by Gasteiger charge is -2.35. The van der Waals surface area contributed by atoms with Crippen LogP contribution in [0, 0.1) is 18.8 Å². The number of aromatic nitrogens is 6. The van der Waals surface area contributed by atoms with Gasteiger partial charge < -0.3 is 14.8 Å². The molecule has 0 spiro atoms. The zero-order valence-corrected chi connectivity index (χ0v) is 33.7. The van der Waals surface area contributed by atoms with Gasteiger partial charge in [-0.05, 0) is 117 Å². The molecule has 2 aliphatic carbocycles. The number of aromatic amines is 1. The van der Waals surface area contributed by atoms with Crippen LogP contribution in [0.3, 0.4) is 0 Å². The summed E-state index contributed by atoms with van der Waals surface area (Å²) in [6.07, 6.45) is 16.7. The fourth-order valence-corrected chi connectivity index (χ4v) is 10.8. The highest BCUT2D eigenvalue weighted by molar-refractivity contribution is 7.99. The molecule has 5 aromatic rings. The van der Waals surface area contributed by atoms with Gasteiger partial charge in [-0.15, -0.1) is 0 Å². The van der Waals surface area contributed by atoms with Crippen molar-refractivity contribution in [3.05, 3.63) is 67.0 Å². The van der Waals surface area contributed by atoms with E-state index in [2.05, 4.69) is 80.5 Å². The lowest BCUT2D eigenvalue weighted by Crippen LogP contribution is -2.36.